The molecule has 0 fully saturated rings. The molecule has 2 N–H and O–H groups in total. The van der Waals surface area contributed by atoms with Crippen molar-refractivity contribution in [2.75, 3.05) is 5.73 Å². The van der Waals surface area contributed by atoms with E-state index in [1.165, 1.54) is 16.9 Å². The lowest BCUT2D eigenvalue weighted by atomic mass is 10.1. The molecule has 0 amide bonds. The molecular formula is C20H14N4OS. The lowest BCUT2D eigenvalue weighted by molar-refractivity contribution is 0.586. The zero-order valence-electron chi connectivity index (χ0n) is 13.9. The summed E-state index contributed by atoms with van der Waals surface area (Å²) in [5.74, 6) is 0.899. The van der Waals surface area contributed by atoms with Crippen LogP contribution in [0, 0.1) is 6.92 Å². The number of thiophene rings is 1. The Morgan fingerprint density at radius 1 is 0.962 bits per heavy atom. The number of rotatable bonds is 2. The van der Waals surface area contributed by atoms with E-state index < -0.39 is 0 Å². The van der Waals surface area contributed by atoms with E-state index in [4.69, 9.17) is 15.1 Å². The molecule has 0 bridgehead atoms. The number of nitrogens with two attached hydrogens (primary N) is 1. The second kappa shape index (κ2) is 5.64. The van der Waals surface area contributed by atoms with Crippen LogP contribution in [0.25, 0.3) is 43.3 Å². The van der Waals surface area contributed by atoms with Crippen molar-refractivity contribution in [3.05, 3.63) is 60.2 Å². The highest BCUT2D eigenvalue weighted by atomic mass is 32.1. The first-order valence-corrected chi connectivity index (χ1v) is 8.99. The third kappa shape index (κ3) is 2.34. The first kappa shape index (κ1) is 15.0. The van der Waals surface area contributed by atoms with Gasteiger partial charge in [0.05, 0.1) is 11.2 Å². The van der Waals surface area contributed by atoms with E-state index in [-0.39, 0.29) is 0 Å². The van der Waals surface area contributed by atoms with Gasteiger partial charge in [-0.15, -0.1) is 21.5 Å². The summed E-state index contributed by atoms with van der Waals surface area (Å²) >= 11 is 1.47. The molecule has 0 aliphatic carbocycles. The van der Waals surface area contributed by atoms with Crippen molar-refractivity contribution in [3.8, 4) is 22.2 Å². The topological polar surface area (TPSA) is 77.8 Å². The van der Waals surface area contributed by atoms with E-state index in [9.17, 15) is 0 Å². The molecule has 5 nitrogen and oxygen atoms in total. The van der Waals surface area contributed by atoms with Gasteiger partial charge in [-0.2, -0.15) is 0 Å². The fourth-order valence-corrected chi connectivity index (χ4v) is 3.98. The molecule has 0 unspecified atom stereocenters. The molecular weight excluding hydrogens is 344 g/mol. The van der Waals surface area contributed by atoms with E-state index in [1.807, 2.05) is 30.3 Å². The first-order chi connectivity index (χ1) is 12.7. The van der Waals surface area contributed by atoms with Crippen molar-refractivity contribution in [2.24, 2.45) is 0 Å². The Hall–Kier alpha value is -3.25. The fraction of sp³-hybridized carbons (Fsp3) is 0.0500. The van der Waals surface area contributed by atoms with Crippen LogP contribution < -0.4 is 5.73 Å². The number of aryl methyl sites for hydroxylation is 1. The van der Waals surface area contributed by atoms with E-state index in [1.54, 1.807) is 0 Å². The van der Waals surface area contributed by atoms with Gasteiger partial charge in [-0.3, -0.25) is 0 Å². The maximum atomic E-state index is 6.38. The fourth-order valence-electron chi connectivity index (χ4n) is 2.98. The summed E-state index contributed by atoms with van der Waals surface area (Å²) in [5.41, 5.74) is 10.0. The Labute approximate surface area is 153 Å². The van der Waals surface area contributed by atoms with Crippen LogP contribution >= 0.6 is 11.3 Å². The third-order valence-corrected chi connectivity index (χ3v) is 5.41. The van der Waals surface area contributed by atoms with Gasteiger partial charge in [0, 0.05) is 16.3 Å². The summed E-state index contributed by atoms with van der Waals surface area (Å²) < 4.78 is 5.86. The molecule has 5 rings (SSSR count). The van der Waals surface area contributed by atoms with Gasteiger partial charge in [0.1, 0.15) is 9.71 Å². The van der Waals surface area contributed by atoms with Gasteiger partial charge in [-0.1, -0.05) is 30.3 Å². The Balaban J connectivity index is 1.66. The van der Waals surface area contributed by atoms with Gasteiger partial charge in [0.15, 0.2) is 0 Å². The van der Waals surface area contributed by atoms with E-state index >= 15 is 0 Å². The van der Waals surface area contributed by atoms with Crippen LogP contribution in [0.3, 0.4) is 0 Å². The number of benzene rings is 2. The maximum absolute atomic E-state index is 6.38. The summed E-state index contributed by atoms with van der Waals surface area (Å²) in [6, 6.07) is 18.0. The van der Waals surface area contributed by atoms with Crippen LogP contribution in [0.1, 0.15) is 5.56 Å². The Morgan fingerprint density at radius 3 is 2.62 bits per heavy atom. The molecule has 0 radical (unpaired) electrons. The quantitative estimate of drug-likeness (QED) is 0.477. The highest BCUT2D eigenvalue weighted by Crippen LogP contribution is 2.41. The zero-order chi connectivity index (χ0) is 17.7. The lowest BCUT2D eigenvalue weighted by Crippen LogP contribution is -1.86. The van der Waals surface area contributed by atoms with E-state index in [0.717, 1.165) is 31.6 Å². The second-order valence-corrected chi connectivity index (χ2v) is 7.16. The number of hydrogen-bond donors (Lipinski definition) is 1. The van der Waals surface area contributed by atoms with Gasteiger partial charge < -0.3 is 10.2 Å². The number of nitrogen functional groups attached to an aromatic ring is 1. The third-order valence-electron chi connectivity index (χ3n) is 4.31. The summed E-state index contributed by atoms with van der Waals surface area (Å²) in [7, 11) is 0. The molecule has 0 atom stereocenters. The molecule has 3 heterocycles. The second-order valence-electron chi connectivity index (χ2n) is 6.16. The smallest absolute Gasteiger partial charge is 0.260 e. The predicted octanol–water partition coefficient (Wildman–Crippen LogP) is 5.06. The predicted molar refractivity (Wildman–Crippen MR) is 105 cm³/mol. The summed E-state index contributed by atoms with van der Waals surface area (Å²) in [6.07, 6.45) is 0. The first-order valence-electron chi connectivity index (χ1n) is 8.18. The molecule has 0 spiro atoms. The zero-order valence-corrected chi connectivity index (χ0v) is 14.7. The minimum Gasteiger partial charge on any atom is -0.415 e. The van der Waals surface area contributed by atoms with Crippen molar-refractivity contribution in [1.29, 1.82) is 0 Å². The molecule has 0 aliphatic rings. The normalized spacial score (nSPS) is 11.4. The van der Waals surface area contributed by atoms with Crippen LogP contribution in [-0.2, 0) is 0 Å². The summed E-state index contributed by atoms with van der Waals surface area (Å²) in [6.45, 7) is 2.06. The Kier molecular flexibility index (Phi) is 3.26. The summed E-state index contributed by atoms with van der Waals surface area (Å²) in [5, 5.41) is 10.3. The molecule has 0 aliphatic heterocycles. The Bertz CT molecular complexity index is 1260. The van der Waals surface area contributed by atoms with E-state index in [0.29, 0.717) is 17.5 Å². The highest BCUT2D eigenvalue weighted by Gasteiger charge is 2.19. The minimum atomic E-state index is 0.421. The van der Waals surface area contributed by atoms with Crippen molar-refractivity contribution in [2.45, 2.75) is 6.92 Å². The van der Waals surface area contributed by atoms with Crippen LogP contribution in [0.4, 0.5) is 5.69 Å². The molecule has 0 saturated carbocycles. The molecule has 6 heteroatoms. The van der Waals surface area contributed by atoms with Gasteiger partial charge in [-0.25, -0.2) is 4.98 Å². The van der Waals surface area contributed by atoms with Gasteiger partial charge >= 0.3 is 0 Å². The maximum Gasteiger partial charge on any atom is 0.260 e. The van der Waals surface area contributed by atoms with Gasteiger partial charge in [0.2, 0.25) is 5.89 Å². The highest BCUT2D eigenvalue weighted by molar-refractivity contribution is 7.22. The van der Waals surface area contributed by atoms with Gasteiger partial charge in [0.25, 0.3) is 5.89 Å². The van der Waals surface area contributed by atoms with E-state index in [2.05, 4.69) is 41.4 Å². The van der Waals surface area contributed by atoms with Crippen molar-refractivity contribution >= 4 is 38.1 Å². The molecule has 0 saturated heterocycles. The minimum absolute atomic E-state index is 0.421. The number of nitrogens with zero attached hydrogens (tertiary/aromatic N) is 3. The number of aromatic nitrogens is 3. The Morgan fingerprint density at radius 2 is 1.77 bits per heavy atom. The average molecular weight is 358 g/mol. The molecule has 5 aromatic rings. The van der Waals surface area contributed by atoms with Crippen LogP contribution in [0.5, 0.6) is 0 Å². The molecule has 26 heavy (non-hydrogen) atoms. The largest absolute Gasteiger partial charge is 0.415 e. The van der Waals surface area contributed by atoms with Crippen molar-refractivity contribution in [1.82, 2.24) is 15.2 Å². The number of fused-ring (bicyclic) bond motifs is 2. The molecule has 126 valence electrons. The monoisotopic (exact) mass is 358 g/mol. The SMILES string of the molecule is Cc1ccc2cc3c(N)c(-c4nnc(-c5ccccc5)o4)sc3nc2c1. The van der Waals surface area contributed by atoms with Crippen molar-refractivity contribution < 1.29 is 4.42 Å². The van der Waals surface area contributed by atoms with Crippen LogP contribution in [0.2, 0.25) is 0 Å². The molecule has 2 aromatic carbocycles. The van der Waals surface area contributed by atoms with Crippen LogP contribution in [-0.4, -0.2) is 15.2 Å². The average Bonchev–Trinajstić information content (AvgIpc) is 3.26. The standard InChI is InChI=1S/C20H14N4OS/c1-11-7-8-13-10-14-16(21)17(26-20(14)22-15(13)9-11)19-24-23-18(25-19)12-5-3-2-4-6-12/h2-10H,21H2,1H3. The number of pyridine rings is 1. The van der Waals surface area contributed by atoms with Crippen LogP contribution in [0.15, 0.2) is 59.0 Å². The number of hydrogen-bond acceptors (Lipinski definition) is 6. The van der Waals surface area contributed by atoms with Crippen molar-refractivity contribution in [3.63, 3.8) is 0 Å². The number of anilines is 1. The summed E-state index contributed by atoms with van der Waals surface area (Å²) in [4.78, 5) is 6.39. The lowest BCUT2D eigenvalue weighted by Gasteiger charge is -1.99. The molecule has 3 aromatic heterocycles. The van der Waals surface area contributed by atoms with Gasteiger partial charge in [-0.05, 0) is 36.8 Å².